The number of halogens is 1. The summed E-state index contributed by atoms with van der Waals surface area (Å²) in [5, 5.41) is 21.5. The smallest absolute Gasteiger partial charge is 0.319 e. The number of carbonyl (C=O) groups is 2. The van der Waals surface area contributed by atoms with Crippen molar-refractivity contribution < 1.29 is 19.4 Å². The fraction of sp³-hybridized carbons (Fsp3) is 0.350. The maximum atomic E-state index is 12.4. The van der Waals surface area contributed by atoms with Crippen molar-refractivity contribution in [1.82, 2.24) is 15.6 Å². The Morgan fingerprint density at radius 2 is 2.17 bits per heavy atom. The molecule has 0 radical (unpaired) electrons. The Labute approximate surface area is 179 Å². The molecule has 1 aliphatic rings. The van der Waals surface area contributed by atoms with Gasteiger partial charge in [-0.15, -0.1) is 0 Å². The third kappa shape index (κ3) is 5.90. The van der Waals surface area contributed by atoms with Crippen LogP contribution in [-0.4, -0.2) is 60.0 Å². The number of urea groups is 1. The SMILES string of the molecule is C[C@@H]1COC[C@@](CO)(CNC(=O)Nc2cccc(C(=O)Nc3ccc(Cl)cn3)c2)N1. The molecule has 0 bridgehead atoms. The molecule has 5 N–H and O–H groups in total. The third-order valence-electron chi connectivity index (χ3n) is 4.54. The van der Waals surface area contributed by atoms with E-state index in [2.05, 4.69) is 26.3 Å². The summed E-state index contributed by atoms with van der Waals surface area (Å²) in [5.41, 5.74) is 0.0681. The summed E-state index contributed by atoms with van der Waals surface area (Å²) in [7, 11) is 0. The second-order valence-corrected chi connectivity index (χ2v) is 7.64. The van der Waals surface area contributed by atoms with Crippen LogP contribution in [0.4, 0.5) is 16.3 Å². The Morgan fingerprint density at radius 3 is 2.87 bits per heavy atom. The third-order valence-corrected chi connectivity index (χ3v) is 4.76. The predicted molar refractivity (Wildman–Crippen MR) is 114 cm³/mol. The predicted octanol–water partition coefficient (Wildman–Crippen LogP) is 1.85. The van der Waals surface area contributed by atoms with E-state index in [1.165, 1.54) is 6.20 Å². The number of nitrogens with one attached hydrogen (secondary N) is 4. The molecule has 160 valence electrons. The van der Waals surface area contributed by atoms with Crippen LogP contribution in [0.15, 0.2) is 42.6 Å². The van der Waals surface area contributed by atoms with E-state index in [1.54, 1.807) is 36.4 Å². The van der Waals surface area contributed by atoms with Crippen molar-refractivity contribution in [2.75, 3.05) is 37.0 Å². The number of pyridine rings is 1. The van der Waals surface area contributed by atoms with Gasteiger partial charge in [-0.05, 0) is 37.3 Å². The number of aliphatic hydroxyl groups is 1. The quantitative estimate of drug-likeness (QED) is 0.473. The summed E-state index contributed by atoms with van der Waals surface area (Å²) >= 11 is 5.79. The van der Waals surface area contributed by atoms with E-state index >= 15 is 0 Å². The van der Waals surface area contributed by atoms with Gasteiger partial charge in [-0.25, -0.2) is 9.78 Å². The van der Waals surface area contributed by atoms with E-state index in [1.807, 2.05) is 6.92 Å². The molecule has 0 aliphatic carbocycles. The number of benzene rings is 1. The summed E-state index contributed by atoms with van der Waals surface area (Å²) in [6, 6.07) is 9.34. The van der Waals surface area contributed by atoms with E-state index in [0.29, 0.717) is 35.3 Å². The first-order valence-electron chi connectivity index (χ1n) is 9.43. The minimum absolute atomic E-state index is 0.0704. The number of hydrogen-bond donors (Lipinski definition) is 5. The Kier molecular flexibility index (Phi) is 7.22. The molecule has 3 rings (SSSR count). The zero-order valence-electron chi connectivity index (χ0n) is 16.4. The van der Waals surface area contributed by atoms with E-state index in [0.717, 1.165) is 0 Å². The lowest BCUT2D eigenvalue weighted by Crippen LogP contribution is -2.65. The molecule has 3 amide bonds. The van der Waals surface area contributed by atoms with Gasteiger partial charge in [0, 0.05) is 30.0 Å². The van der Waals surface area contributed by atoms with Crippen LogP contribution in [0.3, 0.4) is 0 Å². The maximum Gasteiger partial charge on any atom is 0.319 e. The Hall–Kier alpha value is -2.72. The van der Waals surface area contributed by atoms with Gasteiger partial charge in [-0.2, -0.15) is 0 Å². The van der Waals surface area contributed by atoms with E-state index in [9.17, 15) is 14.7 Å². The lowest BCUT2D eigenvalue weighted by atomic mass is 9.99. The molecule has 10 heteroatoms. The Morgan fingerprint density at radius 1 is 1.33 bits per heavy atom. The van der Waals surface area contributed by atoms with E-state index in [-0.39, 0.29) is 25.1 Å². The van der Waals surface area contributed by atoms with Gasteiger partial charge in [0.25, 0.3) is 5.91 Å². The van der Waals surface area contributed by atoms with Crippen LogP contribution in [0.2, 0.25) is 5.02 Å². The maximum absolute atomic E-state index is 12.4. The second kappa shape index (κ2) is 9.86. The number of nitrogens with zero attached hydrogens (tertiary/aromatic N) is 1. The van der Waals surface area contributed by atoms with Gasteiger partial charge < -0.3 is 31.1 Å². The molecule has 2 heterocycles. The number of amides is 3. The second-order valence-electron chi connectivity index (χ2n) is 7.20. The molecule has 2 aromatic rings. The first-order valence-corrected chi connectivity index (χ1v) is 9.81. The van der Waals surface area contributed by atoms with Crippen LogP contribution in [0.25, 0.3) is 0 Å². The normalized spacial score (nSPS) is 21.0. The number of morpholine rings is 1. The molecule has 9 nitrogen and oxygen atoms in total. The molecular formula is C20H24ClN5O4. The molecule has 0 saturated carbocycles. The highest BCUT2D eigenvalue weighted by atomic mass is 35.5. The standard InChI is InChI=1S/C20H24ClN5O4/c1-13-9-30-12-20(11-27,26-13)10-23-19(29)24-16-4-2-3-14(7-16)18(28)25-17-6-5-15(21)8-22-17/h2-8,13,26-27H,9-12H2,1H3,(H,22,25,28)(H2,23,24,29)/t13-,20+/m1/s1. The molecule has 1 fully saturated rings. The van der Waals surface area contributed by atoms with Crippen molar-refractivity contribution in [2.24, 2.45) is 0 Å². The van der Waals surface area contributed by atoms with Gasteiger partial charge >= 0.3 is 6.03 Å². The number of carbonyl (C=O) groups excluding carboxylic acids is 2. The highest BCUT2D eigenvalue weighted by molar-refractivity contribution is 6.30. The fourth-order valence-corrected chi connectivity index (χ4v) is 3.20. The zero-order valence-corrected chi connectivity index (χ0v) is 17.2. The lowest BCUT2D eigenvalue weighted by molar-refractivity contribution is -0.0198. The molecule has 1 aromatic heterocycles. The largest absolute Gasteiger partial charge is 0.394 e. The van der Waals surface area contributed by atoms with Gasteiger partial charge in [-0.1, -0.05) is 17.7 Å². The van der Waals surface area contributed by atoms with Gasteiger partial charge in [0.15, 0.2) is 0 Å². The van der Waals surface area contributed by atoms with Crippen molar-refractivity contribution in [3.63, 3.8) is 0 Å². The molecule has 0 unspecified atom stereocenters. The highest BCUT2D eigenvalue weighted by Crippen LogP contribution is 2.15. The minimum Gasteiger partial charge on any atom is -0.394 e. The molecule has 30 heavy (non-hydrogen) atoms. The lowest BCUT2D eigenvalue weighted by Gasteiger charge is -2.39. The number of anilines is 2. The van der Waals surface area contributed by atoms with Crippen molar-refractivity contribution in [2.45, 2.75) is 18.5 Å². The number of hydrogen-bond acceptors (Lipinski definition) is 6. The topological polar surface area (TPSA) is 125 Å². The molecule has 1 saturated heterocycles. The number of aromatic nitrogens is 1. The summed E-state index contributed by atoms with van der Waals surface area (Å²) in [6.45, 7) is 2.80. The number of aliphatic hydroxyl groups excluding tert-OH is 1. The van der Waals surface area contributed by atoms with Crippen LogP contribution >= 0.6 is 11.6 Å². The molecule has 1 aliphatic heterocycles. The summed E-state index contributed by atoms with van der Waals surface area (Å²) < 4.78 is 5.49. The average molecular weight is 434 g/mol. The van der Waals surface area contributed by atoms with Gasteiger partial charge in [0.05, 0.1) is 30.4 Å². The van der Waals surface area contributed by atoms with Crippen molar-refractivity contribution in [3.05, 3.63) is 53.2 Å². The Bertz CT molecular complexity index is 895. The van der Waals surface area contributed by atoms with Crippen LogP contribution in [0, 0.1) is 0 Å². The average Bonchev–Trinajstić information content (AvgIpc) is 2.74. The monoisotopic (exact) mass is 433 g/mol. The van der Waals surface area contributed by atoms with Crippen molar-refractivity contribution in [3.8, 4) is 0 Å². The van der Waals surface area contributed by atoms with Crippen LogP contribution in [0.5, 0.6) is 0 Å². The van der Waals surface area contributed by atoms with E-state index < -0.39 is 11.6 Å². The van der Waals surface area contributed by atoms with Crippen molar-refractivity contribution in [1.29, 1.82) is 0 Å². The van der Waals surface area contributed by atoms with Gasteiger partial charge in [0.2, 0.25) is 0 Å². The molecule has 0 spiro atoms. The summed E-state index contributed by atoms with van der Waals surface area (Å²) in [4.78, 5) is 28.7. The zero-order chi connectivity index (χ0) is 21.6. The number of rotatable bonds is 6. The molecule has 1 aromatic carbocycles. The Balaban J connectivity index is 1.57. The van der Waals surface area contributed by atoms with Crippen LogP contribution in [0.1, 0.15) is 17.3 Å². The minimum atomic E-state index is -0.734. The summed E-state index contributed by atoms with van der Waals surface area (Å²) in [5.74, 6) is -0.00288. The van der Waals surface area contributed by atoms with Gasteiger partial charge in [0.1, 0.15) is 5.82 Å². The molecular weight excluding hydrogens is 410 g/mol. The summed E-state index contributed by atoms with van der Waals surface area (Å²) in [6.07, 6.45) is 1.44. The van der Waals surface area contributed by atoms with Crippen LogP contribution < -0.4 is 21.3 Å². The van der Waals surface area contributed by atoms with Crippen LogP contribution in [-0.2, 0) is 4.74 Å². The highest BCUT2D eigenvalue weighted by Gasteiger charge is 2.35. The fourth-order valence-electron chi connectivity index (χ4n) is 3.09. The molecule has 2 atom stereocenters. The first kappa shape index (κ1) is 22.0. The first-order chi connectivity index (χ1) is 14.4. The van der Waals surface area contributed by atoms with Crippen molar-refractivity contribution >= 4 is 35.0 Å². The van der Waals surface area contributed by atoms with E-state index in [4.69, 9.17) is 16.3 Å². The number of ether oxygens (including phenoxy) is 1. The van der Waals surface area contributed by atoms with Gasteiger partial charge in [-0.3, -0.25) is 4.79 Å².